The normalized spacial score (nSPS) is 16.2. The molecule has 2 atom stereocenters. The zero-order chi connectivity index (χ0) is 34.0. The lowest BCUT2D eigenvalue weighted by Gasteiger charge is -2.16. The van der Waals surface area contributed by atoms with E-state index in [0.717, 1.165) is 94.8 Å². The van der Waals surface area contributed by atoms with Gasteiger partial charge < -0.3 is 24.9 Å². The number of fused-ring (bicyclic) bond motifs is 8. The number of aromatic carboxylic acids is 1. The van der Waals surface area contributed by atoms with Crippen molar-refractivity contribution in [3.05, 3.63) is 68.8 Å². The van der Waals surface area contributed by atoms with E-state index in [4.69, 9.17) is 14.7 Å². The van der Waals surface area contributed by atoms with Crippen LogP contribution >= 0.6 is 0 Å². The van der Waals surface area contributed by atoms with Gasteiger partial charge in [-0.2, -0.15) is 0 Å². The molecule has 8 bridgehead atoms. The summed E-state index contributed by atoms with van der Waals surface area (Å²) in [6.07, 6.45) is 5.29. The maximum absolute atomic E-state index is 12.7. The topological polar surface area (TPSA) is 141 Å². The summed E-state index contributed by atoms with van der Waals surface area (Å²) in [4.78, 5) is 41.7. The lowest BCUT2D eigenvalue weighted by Crippen LogP contribution is -2.07. The molecule has 4 N–H and O–H groups in total. The average molecular weight is 641 g/mol. The van der Waals surface area contributed by atoms with Crippen molar-refractivity contribution in [3.8, 4) is 0 Å². The molecule has 5 rings (SSSR count). The van der Waals surface area contributed by atoms with Crippen molar-refractivity contribution < 1.29 is 24.5 Å². The lowest BCUT2D eigenvalue weighted by atomic mass is 9.85. The summed E-state index contributed by atoms with van der Waals surface area (Å²) < 4.78 is 6.03. The highest BCUT2D eigenvalue weighted by molar-refractivity contribution is 6.02. The Morgan fingerprint density at radius 2 is 1.62 bits per heavy atom. The van der Waals surface area contributed by atoms with Crippen LogP contribution in [0.3, 0.4) is 0 Å². The standard InChI is InChI=1S/C38H48N4O5/c1-8-10-11-15-47-16-14-26-21(4)28-17-30-22(5)27(12-13-34(43)44)36(41-30)24(7)37-35(38(45)46)23(6)31(42-37)19-32-25(9-2)20(3)29(39-32)18-33(26)40-28/h17-19,22,27,39,42H,8-16H2,1-7H3,(H,43,44)(H,45,46)/t22-,27-/m0/s1. The maximum atomic E-state index is 12.7. The molecule has 47 heavy (non-hydrogen) atoms. The van der Waals surface area contributed by atoms with Crippen molar-refractivity contribution in [1.29, 1.82) is 0 Å². The average Bonchev–Trinajstić information content (AvgIpc) is 3.71. The number of aromatic nitrogens is 4. The van der Waals surface area contributed by atoms with Gasteiger partial charge in [-0.25, -0.2) is 9.78 Å². The molecule has 2 aliphatic heterocycles. The monoisotopic (exact) mass is 640 g/mol. The van der Waals surface area contributed by atoms with Crippen LogP contribution in [0, 0.1) is 20.8 Å². The molecule has 2 aliphatic rings. The molecule has 0 saturated heterocycles. The van der Waals surface area contributed by atoms with Crippen LogP contribution < -0.4 is 0 Å². The summed E-state index contributed by atoms with van der Waals surface area (Å²) in [6.45, 7) is 15.7. The molecule has 0 radical (unpaired) electrons. The number of aromatic amines is 2. The minimum absolute atomic E-state index is 0.00754. The highest BCUT2D eigenvalue weighted by Gasteiger charge is 2.32. The predicted molar refractivity (Wildman–Crippen MR) is 187 cm³/mol. The van der Waals surface area contributed by atoms with Gasteiger partial charge in [0.05, 0.1) is 29.1 Å². The molecule has 9 nitrogen and oxygen atoms in total. The molecule has 3 aromatic rings. The number of aliphatic carboxylic acids is 1. The Kier molecular flexibility index (Phi) is 10.3. The van der Waals surface area contributed by atoms with Gasteiger partial charge in [-0.15, -0.1) is 0 Å². The molecular weight excluding hydrogens is 592 g/mol. The molecule has 250 valence electrons. The van der Waals surface area contributed by atoms with E-state index in [-0.39, 0.29) is 23.8 Å². The van der Waals surface area contributed by atoms with E-state index in [1.54, 1.807) is 0 Å². The maximum Gasteiger partial charge on any atom is 0.338 e. The number of allylic oxidation sites excluding steroid dienone is 1. The number of carboxylic acids is 2. The van der Waals surface area contributed by atoms with Gasteiger partial charge in [0.1, 0.15) is 0 Å². The van der Waals surface area contributed by atoms with Crippen LogP contribution in [-0.2, 0) is 16.0 Å². The number of hydrogen-bond acceptors (Lipinski definition) is 5. The summed E-state index contributed by atoms with van der Waals surface area (Å²) in [5, 5.41) is 19.9. The van der Waals surface area contributed by atoms with E-state index < -0.39 is 11.9 Å². The number of unbranched alkanes of at least 4 members (excludes halogenated alkanes) is 2. The highest BCUT2D eigenvalue weighted by Crippen LogP contribution is 2.43. The largest absolute Gasteiger partial charge is 0.481 e. The minimum Gasteiger partial charge on any atom is -0.481 e. The highest BCUT2D eigenvalue weighted by atomic mass is 16.5. The molecule has 0 saturated carbocycles. The first-order valence-corrected chi connectivity index (χ1v) is 16.9. The zero-order valence-electron chi connectivity index (χ0n) is 28.8. The van der Waals surface area contributed by atoms with Crippen LogP contribution in [0.4, 0.5) is 0 Å². The van der Waals surface area contributed by atoms with E-state index in [2.05, 4.69) is 50.7 Å². The van der Waals surface area contributed by atoms with Gasteiger partial charge in [-0.05, 0) is 105 Å². The van der Waals surface area contributed by atoms with Crippen molar-refractivity contribution in [2.45, 2.75) is 105 Å². The van der Waals surface area contributed by atoms with Crippen molar-refractivity contribution in [1.82, 2.24) is 19.9 Å². The first-order valence-electron chi connectivity index (χ1n) is 16.9. The van der Waals surface area contributed by atoms with E-state index >= 15 is 0 Å². The van der Waals surface area contributed by atoms with Gasteiger partial charge in [0.15, 0.2) is 0 Å². The molecule has 0 amide bonds. The fourth-order valence-corrected chi connectivity index (χ4v) is 7.15. The SMILES string of the molecule is CCCCCOCCC1=C(C)c2cc3nc(c(C)c4[nH]c(cc5[nH]c(cc1n2)c(C)c5CC)c(C)c4C(=O)O)[C@@H](CCC(=O)O)[C@@H]3C. The van der Waals surface area contributed by atoms with Crippen molar-refractivity contribution in [2.75, 3.05) is 13.2 Å². The molecule has 5 heterocycles. The van der Waals surface area contributed by atoms with Crippen molar-refractivity contribution in [2.24, 2.45) is 0 Å². The Morgan fingerprint density at radius 1 is 0.872 bits per heavy atom. The molecule has 0 spiro atoms. The first-order chi connectivity index (χ1) is 22.5. The van der Waals surface area contributed by atoms with Gasteiger partial charge in [-0.1, -0.05) is 33.6 Å². The Bertz CT molecular complexity index is 1900. The molecule has 0 aliphatic carbocycles. The lowest BCUT2D eigenvalue weighted by molar-refractivity contribution is -0.137. The van der Waals surface area contributed by atoms with Crippen LogP contribution in [0.15, 0.2) is 18.2 Å². The smallest absolute Gasteiger partial charge is 0.338 e. The van der Waals surface area contributed by atoms with E-state index in [9.17, 15) is 19.8 Å². The first kappa shape index (κ1) is 34.1. The Balaban J connectivity index is 1.82. The number of rotatable bonds is 12. The van der Waals surface area contributed by atoms with Gasteiger partial charge in [0.2, 0.25) is 0 Å². The Hall–Kier alpha value is -4.24. The fraction of sp³-hybridized carbons (Fsp3) is 0.474. The molecule has 0 aromatic carbocycles. The third-order valence-corrected chi connectivity index (χ3v) is 10.0. The number of ether oxygens (including phenoxy) is 1. The molecule has 0 fully saturated rings. The second-order valence-corrected chi connectivity index (χ2v) is 13.0. The van der Waals surface area contributed by atoms with Crippen molar-refractivity contribution >= 4 is 45.2 Å². The molecule has 9 heteroatoms. The fourth-order valence-electron chi connectivity index (χ4n) is 7.15. The number of nitrogens with one attached hydrogen (secondary N) is 2. The number of carbonyl (C=O) groups is 2. The van der Waals surface area contributed by atoms with Gasteiger partial charge in [0, 0.05) is 52.8 Å². The summed E-state index contributed by atoms with van der Waals surface area (Å²) in [5.41, 5.74) is 12.4. The van der Waals surface area contributed by atoms with E-state index in [0.29, 0.717) is 35.2 Å². The van der Waals surface area contributed by atoms with Gasteiger partial charge in [-0.3, -0.25) is 9.78 Å². The molecular formula is C38H48N4O5. The van der Waals surface area contributed by atoms with Crippen LogP contribution in [-0.4, -0.2) is 55.3 Å². The second-order valence-electron chi connectivity index (χ2n) is 13.0. The summed E-state index contributed by atoms with van der Waals surface area (Å²) in [5.74, 6) is -2.17. The minimum atomic E-state index is -1.02. The number of aryl methyl sites for hydroxylation is 4. The Labute approximate surface area is 276 Å². The van der Waals surface area contributed by atoms with Crippen LogP contribution in [0.2, 0.25) is 0 Å². The number of hydrogen-bond donors (Lipinski definition) is 4. The third kappa shape index (κ3) is 6.77. The van der Waals surface area contributed by atoms with E-state index in [1.165, 1.54) is 0 Å². The van der Waals surface area contributed by atoms with Crippen LogP contribution in [0.1, 0.15) is 133 Å². The summed E-state index contributed by atoms with van der Waals surface area (Å²) in [6, 6.07) is 6.15. The number of H-pyrrole nitrogens is 2. The predicted octanol–water partition coefficient (Wildman–Crippen LogP) is 8.78. The molecule has 3 aromatic heterocycles. The third-order valence-electron chi connectivity index (χ3n) is 10.0. The quantitative estimate of drug-likeness (QED) is 0.145. The Morgan fingerprint density at radius 3 is 2.30 bits per heavy atom. The molecule has 0 unspecified atom stereocenters. The second kappa shape index (κ2) is 14.3. The number of nitrogens with zero attached hydrogens (tertiary/aromatic N) is 2. The summed E-state index contributed by atoms with van der Waals surface area (Å²) >= 11 is 0. The zero-order valence-corrected chi connectivity index (χ0v) is 28.8. The van der Waals surface area contributed by atoms with Gasteiger partial charge in [0.25, 0.3) is 0 Å². The van der Waals surface area contributed by atoms with Crippen molar-refractivity contribution in [3.63, 3.8) is 0 Å². The summed E-state index contributed by atoms with van der Waals surface area (Å²) in [7, 11) is 0. The van der Waals surface area contributed by atoms with Gasteiger partial charge >= 0.3 is 11.9 Å². The van der Waals surface area contributed by atoms with E-state index in [1.807, 2.05) is 26.0 Å². The van der Waals surface area contributed by atoms with Crippen LogP contribution in [0.5, 0.6) is 0 Å². The number of carboxylic acid groups (broad SMARTS) is 2. The van der Waals surface area contributed by atoms with Crippen LogP contribution in [0.25, 0.3) is 33.2 Å².